The number of hydrogen-bond donors (Lipinski definition) is 0. The number of nitriles is 1. The Hall–Kier alpha value is -3.97. The number of para-hydroxylation sites is 1. The Morgan fingerprint density at radius 1 is 1.00 bits per heavy atom. The van der Waals surface area contributed by atoms with Gasteiger partial charge in [0.1, 0.15) is 12.1 Å². The smallest absolute Gasteiger partial charge is 0.148 e. The van der Waals surface area contributed by atoms with Crippen molar-refractivity contribution in [1.29, 1.82) is 5.26 Å². The molecule has 0 bridgehead atoms. The number of amidine groups is 1. The summed E-state index contributed by atoms with van der Waals surface area (Å²) in [5, 5.41) is 9.43. The molecule has 0 N–H and O–H groups in total. The second-order valence-corrected chi connectivity index (χ2v) is 9.36. The molecule has 38 heavy (non-hydrogen) atoms. The van der Waals surface area contributed by atoms with Crippen LogP contribution < -0.4 is 4.90 Å². The van der Waals surface area contributed by atoms with Gasteiger partial charge in [0.15, 0.2) is 0 Å². The Morgan fingerprint density at radius 3 is 2.26 bits per heavy atom. The zero-order chi connectivity index (χ0) is 27.3. The maximum Gasteiger partial charge on any atom is 0.148 e. The van der Waals surface area contributed by atoms with E-state index in [-0.39, 0.29) is 0 Å². The van der Waals surface area contributed by atoms with Crippen molar-refractivity contribution in [2.45, 2.75) is 59.3 Å². The Kier molecular flexibility index (Phi) is 11.1. The number of unbranched alkanes of at least 4 members (excludes halogenated alkanes) is 1. The number of aldehydes is 1. The summed E-state index contributed by atoms with van der Waals surface area (Å²) in [5.74, 6) is 1.49. The molecular formula is C34H39N3O. The predicted molar refractivity (Wildman–Crippen MR) is 159 cm³/mol. The lowest BCUT2D eigenvalue weighted by atomic mass is 9.97. The van der Waals surface area contributed by atoms with Crippen LogP contribution in [0.3, 0.4) is 0 Å². The highest BCUT2D eigenvalue weighted by Crippen LogP contribution is 2.34. The normalized spacial score (nSPS) is 13.5. The van der Waals surface area contributed by atoms with Crippen molar-refractivity contribution in [2.75, 3.05) is 11.9 Å². The third-order valence-electron chi connectivity index (χ3n) is 6.67. The van der Waals surface area contributed by atoms with E-state index < -0.39 is 0 Å². The molecule has 0 radical (unpaired) electrons. The molecule has 0 heterocycles. The molecule has 0 unspecified atom stereocenters. The van der Waals surface area contributed by atoms with E-state index in [4.69, 9.17) is 4.99 Å². The molecule has 3 aromatic rings. The topological polar surface area (TPSA) is 56.5 Å². The van der Waals surface area contributed by atoms with Crippen molar-refractivity contribution in [3.63, 3.8) is 0 Å². The van der Waals surface area contributed by atoms with E-state index in [0.29, 0.717) is 17.9 Å². The van der Waals surface area contributed by atoms with Gasteiger partial charge in [-0.05, 0) is 60.6 Å². The van der Waals surface area contributed by atoms with Crippen molar-refractivity contribution in [3.8, 4) is 17.2 Å². The molecule has 1 fully saturated rings. The number of anilines is 1. The molecular weight excluding hydrogens is 466 g/mol. The number of rotatable bonds is 10. The average Bonchev–Trinajstić information content (AvgIpc) is 3.83. The maximum atomic E-state index is 12.3. The van der Waals surface area contributed by atoms with Crippen molar-refractivity contribution in [1.82, 2.24) is 0 Å². The zero-order valence-corrected chi connectivity index (χ0v) is 23.2. The Morgan fingerprint density at radius 2 is 1.66 bits per heavy atom. The average molecular weight is 506 g/mol. The van der Waals surface area contributed by atoms with Crippen LogP contribution in [-0.4, -0.2) is 19.2 Å². The van der Waals surface area contributed by atoms with Gasteiger partial charge in [0, 0.05) is 36.3 Å². The molecule has 4 heteroatoms. The van der Waals surface area contributed by atoms with Gasteiger partial charge in [-0.2, -0.15) is 5.26 Å². The zero-order valence-electron chi connectivity index (χ0n) is 23.2. The van der Waals surface area contributed by atoms with Crippen LogP contribution in [0.25, 0.3) is 11.1 Å². The molecule has 0 atom stereocenters. The third kappa shape index (κ3) is 7.52. The molecule has 4 nitrogen and oxygen atoms in total. The minimum atomic E-state index is 0.444. The summed E-state index contributed by atoms with van der Waals surface area (Å²) >= 11 is 0. The van der Waals surface area contributed by atoms with E-state index in [9.17, 15) is 10.1 Å². The maximum absolute atomic E-state index is 12.3. The largest absolute Gasteiger partial charge is 0.333 e. The Balaban J connectivity index is 0.00000195. The van der Waals surface area contributed by atoms with Crippen molar-refractivity contribution >= 4 is 17.8 Å². The highest BCUT2D eigenvalue weighted by Gasteiger charge is 2.31. The number of carbonyl (C=O) groups excluding carboxylic acids is 1. The van der Waals surface area contributed by atoms with Gasteiger partial charge in [-0.15, -0.1) is 0 Å². The molecule has 0 aliphatic heterocycles. The summed E-state index contributed by atoms with van der Waals surface area (Å²) in [7, 11) is 2.07. The number of allylic oxidation sites excluding steroid dienone is 2. The third-order valence-corrected chi connectivity index (χ3v) is 6.67. The summed E-state index contributed by atoms with van der Waals surface area (Å²) in [6, 6.07) is 28.3. The van der Waals surface area contributed by atoms with Crippen LogP contribution in [0.1, 0.15) is 64.0 Å². The van der Waals surface area contributed by atoms with Gasteiger partial charge in [-0.3, -0.25) is 4.79 Å². The first-order chi connectivity index (χ1) is 18.6. The SMILES string of the molecule is CC.CCCC/C(N=C(C1CC1)N(C)c1ccccc1)=C(/C=O)Cc1ccc(-c2ccccc2C#N)cc1. The number of nitrogens with zero attached hydrogens (tertiary/aromatic N) is 3. The summed E-state index contributed by atoms with van der Waals surface area (Å²) in [4.78, 5) is 19.7. The van der Waals surface area contributed by atoms with Gasteiger partial charge in [0.05, 0.1) is 11.6 Å². The van der Waals surface area contributed by atoms with Gasteiger partial charge >= 0.3 is 0 Å². The minimum Gasteiger partial charge on any atom is -0.333 e. The first-order valence-electron chi connectivity index (χ1n) is 13.8. The van der Waals surface area contributed by atoms with Gasteiger partial charge in [-0.1, -0.05) is 87.9 Å². The number of carbonyl (C=O) groups is 1. The van der Waals surface area contributed by atoms with E-state index >= 15 is 0 Å². The van der Waals surface area contributed by atoms with Crippen LogP contribution in [0.4, 0.5) is 5.69 Å². The lowest BCUT2D eigenvalue weighted by molar-refractivity contribution is -0.105. The van der Waals surface area contributed by atoms with E-state index in [1.807, 2.05) is 80.6 Å². The lowest BCUT2D eigenvalue weighted by Crippen LogP contribution is -2.28. The number of hydrogen-bond acceptors (Lipinski definition) is 3. The molecule has 0 saturated heterocycles. The molecule has 1 saturated carbocycles. The fourth-order valence-electron chi connectivity index (χ4n) is 4.40. The summed E-state index contributed by atoms with van der Waals surface area (Å²) in [5.41, 5.74) is 6.39. The molecule has 1 aliphatic rings. The fraction of sp³-hybridized carbons (Fsp3) is 0.324. The molecule has 0 amide bonds. The quantitative estimate of drug-likeness (QED) is 0.120. The molecule has 0 spiro atoms. The van der Waals surface area contributed by atoms with E-state index in [1.54, 1.807) is 0 Å². The van der Waals surface area contributed by atoms with Crippen molar-refractivity contribution in [3.05, 3.63) is 101 Å². The van der Waals surface area contributed by atoms with Crippen LogP contribution in [0.5, 0.6) is 0 Å². The first-order valence-corrected chi connectivity index (χ1v) is 13.8. The van der Waals surface area contributed by atoms with Crippen LogP contribution in [0, 0.1) is 17.2 Å². The highest BCUT2D eigenvalue weighted by atomic mass is 16.1. The second-order valence-electron chi connectivity index (χ2n) is 9.36. The molecule has 3 aromatic carbocycles. The minimum absolute atomic E-state index is 0.444. The van der Waals surface area contributed by atoms with Gasteiger partial charge in [-0.25, -0.2) is 4.99 Å². The molecule has 0 aromatic heterocycles. The van der Waals surface area contributed by atoms with Crippen molar-refractivity contribution < 1.29 is 4.79 Å². The first kappa shape index (κ1) is 28.6. The van der Waals surface area contributed by atoms with Crippen molar-refractivity contribution in [2.24, 2.45) is 10.9 Å². The summed E-state index contributed by atoms with van der Waals surface area (Å²) in [6.07, 6.45) is 6.63. The summed E-state index contributed by atoms with van der Waals surface area (Å²) < 4.78 is 0. The standard InChI is InChI=1S/C32H33N3O.C2H6/c1-3-4-14-31(34-32(26-19-20-26)35(2)29-11-6-5-7-12-29)28(23-36)21-24-15-17-25(18-16-24)30-13-9-8-10-27(30)22-33;1-2/h5-13,15-18,23,26H,3-4,14,19-21H2,1-2H3;1-2H3/b31-28-,34-32?;. The highest BCUT2D eigenvalue weighted by molar-refractivity contribution is 6.01. The number of benzene rings is 3. The summed E-state index contributed by atoms with van der Waals surface area (Å²) in [6.45, 7) is 6.16. The van der Waals surface area contributed by atoms with Gasteiger partial charge in [0.25, 0.3) is 0 Å². The van der Waals surface area contributed by atoms with Gasteiger partial charge < -0.3 is 4.90 Å². The lowest BCUT2D eigenvalue weighted by Gasteiger charge is -2.22. The molecule has 1 aliphatic carbocycles. The number of aliphatic imine (C=N–C) groups is 1. The predicted octanol–water partition coefficient (Wildman–Crippen LogP) is 8.38. The van der Waals surface area contributed by atoms with Gasteiger partial charge in [0.2, 0.25) is 0 Å². The second kappa shape index (κ2) is 14.7. The van der Waals surface area contributed by atoms with Crippen LogP contribution in [0.2, 0.25) is 0 Å². The fourth-order valence-corrected chi connectivity index (χ4v) is 4.40. The van der Waals surface area contributed by atoms with Crippen LogP contribution in [-0.2, 0) is 11.2 Å². The van der Waals surface area contributed by atoms with E-state index in [0.717, 1.165) is 77.9 Å². The Bertz CT molecular complexity index is 1280. The Labute approximate surface area is 228 Å². The van der Waals surface area contributed by atoms with Crippen LogP contribution >= 0.6 is 0 Å². The molecule has 196 valence electrons. The van der Waals surface area contributed by atoms with Crippen LogP contribution in [0.15, 0.2) is 95.1 Å². The van der Waals surface area contributed by atoms with E-state index in [2.05, 4.69) is 37.1 Å². The molecule has 4 rings (SSSR count). The monoisotopic (exact) mass is 505 g/mol. The van der Waals surface area contributed by atoms with E-state index in [1.165, 1.54) is 0 Å².